The maximum atomic E-state index is 13.4. The number of benzene rings is 1. The van der Waals surface area contributed by atoms with Gasteiger partial charge in [-0.1, -0.05) is 29.8 Å². The van der Waals surface area contributed by atoms with Crippen LogP contribution in [0, 0.1) is 5.82 Å². The van der Waals surface area contributed by atoms with E-state index in [1.807, 2.05) is 12.1 Å². The fourth-order valence-corrected chi connectivity index (χ4v) is 2.17. The van der Waals surface area contributed by atoms with Crippen molar-refractivity contribution in [3.8, 4) is 0 Å². The van der Waals surface area contributed by atoms with Gasteiger partial charge in [-0.15, -0.1) is 0 Å². The third-order valence-corrected chi connectivity index (χ3v) is 3.36. The highest BCUT2D eigenvalue weighted by Crippen LogP contribution is 2.21. The molecule has 0 saturated carbocycles. The van der Waals surface area contributed by atoms with Gasteiger partial charge in [0.15, 0.2) is 0 Å². The highest BCUT2D eigenvalue weighted by atomic mass is 35.5. The molecule has 1 atom stereocenters. The van der Waals surface area contributed by atoms with Crippen LogP contribution in [0.3, 0.4) is 0 Å². The second kappa shape index (κ2) is 6.61. The van der Waals surface area contributed by atoms with Crippen molar-refractivity contribution in [3.63, 3.8) is 0 Å². The fourth-order valence-electron chi connectivity index (χ4n) is 1.96. The Kier molecular flexibility index (Phi) is 4.85. The van der Waals surface area contributed by atoms with Crippen LogP contribution in [0.15, 0.2) is 42.7 Å². The molecular weight excluding hydrogens is 265 g/mol. The zero-order valence-corrected chi connectivity index (χ0v) is 11.1. The molecule has 3 N–H and O–H groups in total. The maximum absolute atomic E-state index is 13.4. The molecule has 2 rings (SSSR count). The largest absolute Gasteiger partial charge is 0.271 e. The number of nitrogens with zero attached hydrogens (tertiary/aromatic N) is 1. The summed E-state index contributed by atoms with van der Waals surface area (Å²) in [5.41, 5.74) is 4.55. The molecule has 5 heteroatoms. The zero-order valence-electron chi connectivity index (χ0n) is 10.3. The summed E-state index contributed by atoms with van der Waals surface area (Å²) in [6.07, 6.45) is 4.77. The van der Waals surface area contributed by atoms with Gasteiger partial charge in [-0.2, -0.15) is 0 Å². The van der Waals surface area contributed by atoms with Crippen LogP contribution in [0.2, 0.25) is 5.02 Å². The molecule has 0 amide bonds. The molecule has 1 heterocycles. The Hall–Kier alpha value is -1.49. The normalized spacial score (nSPS) is 12.4. The second-order valence-electron chi connectivity index (χ2n) is 4.35. The number of hydrogen-bond acceptors (Lipinski definition) is 3. The van der Waals surface area contributed by atoms with E-state index in [4.69, 9.17) is 17.4 Å². The number of rotatable bonds is 5. The minimum absolute atomic E-state index is 0.0245. The molecule has 2 aromatic rings. The molecule has 0 radical (unpaired) electrons. The van der Waals surface area contributed by atoms with Gasteiger partial charge < -0.3 is 0 Å². The monoisotopic (exact) mass is 279 g/mol. The van der Waals surface area contributed by atoms with E-state index in [2.05, 4.69) is 10.4 Å². The molecule has 3 nitrogen and oxygen atoms in total. The highest BCUT2D eigenvalue weighted by Gasteiger charge is 2.13. The number of nitrogens with two attached hydrogens (primary N) is 1. The lowest BCUT2D eigenvalue weighted by atomic mass is 10.0. The molecule has 0 fully saturated rings. The zero-order chi connectivity index (χ0) is 13.7. The van der Waals surface area contributed by atoms with Gasteiger partial charge in [-0.25, -0.2) is 4.39 Å². The van der Waals surface area contributed by atoms with Crippen LogP contribution in [0.5, 0.6) is 0 Å². The average Bonchev–Trinajstić information content (AvgIpc) is 2.44. The van der Waals surface area contributed by atoms with Gasteiger partial charge in [0.25, 0.3) is 0 Å². The summed E-state index contributed by atoms with van der Waals surface area (Å²) in [4.78, 5) is 4.06. The van der Waals surface area contributed by atoms with E-state index in [0.29, 0.717) is 12.8 Å². The van der Waals surface area contributed by atoms with E-state index >= 15 is 0 Å². The first-order chi connectivity index (χ1) is 9.20. The summed E-state index contributed by atoms with van der Waals surface area (Å²) in [6, 6.07) is 8.62. The van der Waals surface area contributed by atoms with Crippen LogP contribution in [-0.2, 0) is 12.8 Å². The minimum atomic E-state index is -0.406. The van der Waals surface area contributed by atoms with E-state index in [1.54, 1.807) is 24.5 Å². The summed E-state index contributed by atoms with van der Waals surface area (Å²) in [6.45, 7) is 0. The lowest BCUT2D eigenvalue weighted by Crippen LogP contribution is -2.38. The predicted molar refractivity (Wildman–Crippen MR) is 74.2 cm³/mol. The average molecular weight is 280 g/mol. The van der Waals surface area contributed by atoms with Crippen LogP contribution >= 0.6 is 11.6 Å². The number of pyridine rings is 1. The highest BCUT2D eigenvalue weighted by molar-refractivity contribution is 6.31. The number of nitrogens with one attached hydrogen (secondary N) is 1. The standard InChI is InChI=1S/C14H15ClFN3/c15-14-11(4-1-5-13(14)16)8-12(19-17)7-10-3-2-6-18-9-10/h1-6,9,12,19H,7-8,17H2. The second-order valence-corrected chi connectivity index (χ2v) is 4.72. The summed E-state index contributed by atoms with van der Waals surface area (Å²) in [5, 5.41) is 0.161. The molecule has 0 spiro atoms. The van der Waals surface area contributed by atoms with E-state index in [1.165, 1.54) is 6.07 Å². The van der Waals surface area contributed by atoms with Crippen molar-refractivity contribution in [2.75, 3.05) is 0 Å². The first kappa shape index (κ1) is 13.9. The Morgan fingerprint density at radius 3 is 2.79 bits per heavy atom. The van der Waals surface area contributed by atoms with Crippen molar-refractivity contribution in [1.29, 1.82) is 0 Å². The first-order valence-corrected chi connectivity index (χ1v) is 6.36. The molecule has 0 aliphatic rings. The summed E-state index contributed by atoms with van der Waals surface area (Å²) in [5.74, 6) is 5.14. The van der Waals surface area contributed by atoms with E-state index in [-0.39, 0.29) is 11.1 Å². The molecule has 0 aliphatic heterocycles. The number of aromatic nitrogens is 1. The van der Waals surface area contributed by atoms with Crippen molar-refractivity contribution in [2.45, 2.75) is 18.9 Å². The molecule has 0 saturated heterocycles. The topological polar surface area (TPSA) is 50.9 Å². The first-order valence-electron chi connectivity index (χ1n) is 5.98. The van der Waals surface area contributed by atoms with Gasteiger partial charge in [0.2, 0.25) is 0 Å². The summed E-state index contributed by atoms with van der Waals surface area (Å²) in [7, 11) is 0. The number of halogens is 2. The van der Waals surface area contributed by atoms with Gasteiger partial charge in [0.1, 0.15) is 5.82 Å². The molecular formula is C14H15ClFN3. The number of hydrogen-bond donors (Lipinski definition) is 2. The van der Waals surface area contributed by atoms with Crippen molar-refractivity contribution < 1.29 is 4.39 Å². The number of hydrazine groups is 1. The molecule has 1 aromatic heterocycles. The van der Waals surface area contributed by atoms with Gasteiger partial charge in [0.05, 0.1) is 5.02 Å². The SMILES string of the molecule is NNC(Cc1cccnc1)Cc1cccc(F)c1Cl. The van der Waals surface area contributed by atoms with Gasteiger partial charge >= 0.3 is 0 Å². The Bertz CT molecular complexity index is 533. The molecule has 100 valence electrons. The minimum Gasteiger partial charge on any atom is -0.271 e. The third kappa shape index (κ3) is 3.73. The molecule has 0 aliphatic carbocycles. The molecule has 0 bridgehead atoms. The van der Waals surface area contributed by atoms with Crippen LogP contribution in [0.4, 0.5) is 4.39 Å². The lowest BCUT2D eigenvalue weighted by Gasteiger charge is -2.16. The Morgan fingerprint density at radius 1 is 1.26 bits per heavy atom. The van der Waals surface area contributed by atoms with E-state index in [9.17, 15) is 4.39 Å². The third-order valence-electron chi connectivity index (χ3n) is 2.94. The Labute approximate surface area is 116 Å². The van der Waals surface area contributed by atoms with E-state index in [0.717, 1.165) is 11.1 Å². The van der Waals surface area contributed by atoms with Crippen LogP contribution in [0.1, 0.15) is 11.1 Å². The summed E-state index contributed by atoms with van der Waals surface area (Å²) < 4.78 is 13.4. The fraction of sp³-hybridized carbons (Fsp3) is 0.214. The van der Waals surface area contributed by atoms with Crippen molar-refractivity contribution in [3.05, 3.63) is 64.7 Å². The van der Waals surface area contributed by atoms with Crippen molar-refractivity contribution in [2.24, 2.45) is 5.84 Å². The van der Waals surface area contributed by atoms with E-state index < -0.39 is 5.82 Å². The molecule has 1 unspecified atom stereocenters. The smallest absolute Gasteiger partial charge is 0.142 e. The lowest BCUT2D eigenvalue weighted by molar-refractivity contribution is 0.520. The maximum Gasteiger partial charge on any atom is 0.142 e. The van der Waals surface area contributed by atoms with Crippen LogP contribution in [-0.4, -0.2) is 11.0 Å². The van der Waals surface area contributed by atoms with Crippen LogP contribution in [0.25, 0.3) is 0 Å². The van der Waals surface area contributed by atoms with Crippen molar-refractivity contribution in [1.82, 2.24) is 10.4 Å². The van der Waals surface area contributed by atoms with Gasteiger partial charge in [0, 0.05) is 18.4 Å². The Morgan fingerprint density at radius 2 is 2.11 bits per heavy atom. The Balaban J connectivity index is 2.09. The quantitative estimate of drug-likeness (QED) is 0.653. The van der Waals surface area contributed by atoms with Gasteiger partial charge in [-0.3, -0.25) is 16.3 Å². The molecule has 1 aromatic carbocycles. The predicted octanol–water partition coefficient (Wildman–Crippen LogP) is 2.49. The molecule has 19 heavy (non-hydrogen) atoms. The summed E-state index contributed by atoms with van der Waals surface area (Å²) >= 11 is 5.94. The van der Waals surface area contributed by atoms with Crippen LogP contribution < -0.4 is 11.3 Å². The van der Waals surface area contributed by atoms with Gasteiger partial charge in [-0.05, 0) is 36.1 Å². The van der Waals surface area contributed by atoms with Crippen molar-refractivity contribution >= 4 is 11.6 Å².